The van der Waals surface area contributed by atoms with Crippen molar-refractivity contribution >= 4 is 17.5 Å². The Hall–Kier alpha value is -2.04. The van der Waals surface area contributed by atoms with E-state index in [1.165, 1.54) is 5.56 Å². The molecule has 0 N–H and O–H groups in total. The lowest BCUT2D eigenvalue weighted by Gasteiger charge is -2.22. The Kier molecular flexibility index (Phi) is 6.31. The van der Waals surface area contributed by atoms with Crippen molar-refractivity contribution in [1.29, 1.82) is 0 Å². The van der Waals surface area contributed by atoms with Crippen LogP contribution in [0.2, 0.25) is 5.02 Å². The topological polar surface area (TPSA) is 32.8 Å². The molecule has 1 aliphatic heterocycles. The van der Waals surface area contributed by atoms with Crippen molar-refractivity contribution in [1.82, 2.24) is 9.80 Å². The van der Waals surface area contributed by atoms with Gasteiger partial charge < -0.3 is 9.64 Å². The van der Waals surface area contributed by atoms with E-state index in [0.29, 0.717) is 19.6 Å². The number of ether oxygens (including phenoxy) is 1. The van der Waals surface area contributed by atoms with Crippen molar-refractivity contribution in [3.63, 3.8) is 0 Å². The summed E-state index contributed by atoms with van der Waals surface area (Å²) < 4.78 is 5.71. The van der Waals surface area contributed by atoms with Gasteiger partial charge in [0.2, 0.25) is 5.91 Å². The fraction of sp³-hybridized carbons (Fsp3) is 0.350. The van der Waals surface area contributed by atoms with Gasteiger partial charge in [-0.25, -0.2) is 0 Å². The minimum absolute atomic E-state index is 0.199. The van der Waals surface area contributed by atoms with E-state index in [0.717, 1.165) is 37.0 Å². The molecule has 1 heterocycles. The van der Waals surface area contributed by atoms with E-state index in [1.807, 2.05) is 53.4 Å². The first-order valence-electron chi connectivity index (χ1n) is 8.63. The summed E-state index contributed by atoms with van der Waals surface area (Å²) in [6.07, 6.45) is 0.548. The number of rotatable bonds is 6. The highest BCUT2D eigenvalue weighted by atomic mass is 35.5. The minimum atomic E-state index is 0.199. The molecular weight excluding hydrogens is 336 g/mol. The van der Waals surface area contributed by atoms with Crippen molar-refractivity contribution in [2.75, 3.05) is 32.8 Å². The van der Waals surface area contributed by atoms with Crippen molar-refractivity contribution in [3.8, 4) is 5.75 Å². The first-order chi connectivity index (χ1) is 12.2. The maximum absolute atomic E-state index is 12.3. The lowest BCUT2D eigenvalue weighted by atomic mass is 10.2. The molecule has 0 aromatic heterocycles. The Bertz CT molecular complexity index is 693. The molecule has 2 aromatic rings. The van der Waals surface area contributed by atoms with Gasteiger partial charge in [-0.1, -0.05) is 41.9 Å². The molecule has 0 bridgehead atoms. The third-order valence-electron chi connectivity index (χ3n) is 4.35. The summed E-state index contributed by atoms with van der Waals surface area (Å²) in [7, 11) is 0. The number of carbonyl (C=O) groups excluding carboxylic acids is 1. The molecule has 0 saturated carbocycles. The second kappa shape index (κ2) is 8.88. The van der Waals surface area contributed by atoms with Crippen LogP contribution in [-0.4, -0.2) is 48.5 Å². The predicted octanol–water partition coefficient (Wildman–Crippen LogP) is 3.45. The number of para-hydroxylation sites is 1. The molecule has 2 aromatic carbocycles. The molecule has 25 heavy (non-hydrogen) atoms. The summed E-state index contributed by atoms with van der Waals surface area (Å²) in [5.74, 6) is 1.04. The van der Waals surface area contributed by atoms with Gasteiger partial charge in [-0.05, 0) is 29.8 Å². The third-order valence-corrected chi connectivity index (χ3v) is 4.58. The molecule has 0 atom stereocenters. The number of nitrogens with zero attached hydrogens (tertiary/aromatic N) is 2. The lowest BCUT2D eigenvalue weighted by Crippen LogP contribution is -2.36. The summed E-state index contributed by atoms with van der Waals surface area (Å²) in [6.45, 7) is 4.34. The van der Waals surface area contributed by atoms with Gasteiger partial charge in [0.15, 0.2) is 0 Å². The van der Waals surface area contributed by atoms with E-state index in [9.17, 15) is 4.79 Å². The first kappa shape index (κ1) is 17.8. The summed E-state index contributed by atoms with van der Waals surface area (Å²) in [6, 6.07) is 17.6. The Morgan fingerprint density at radius 2 is 1.84 bits per heavy atom. The quantitative estimate of drug-likeness (QED) is 0.792. The number of benzene rings is 2. The summed E-state index contributed by atoms with van der Waals surface area (Å²) in [5, 5.41) is 0.753. The van der Waals surface area contributed by atoms with Gasteiger partial charge in [0.25, 0.3) is 0 Å². The number of amides is 1. The Morgan fingerprint density at radius 1 is 1.00 bits per heavy atom. The van der Waals surface area contributed by atoms with Crippen LogP contribution in [-0.2, 0) is 11.3 Å². The van der Waals surface area contributed by atoms with Crippen molar-refractivity contribution in [3.05, 3.63) is 65.2 Å². The van der Waals surface area contributed by atoms with Gasteiger partial charge in [0, 0.05) is 37.6 Å². The summed E-state index contributed by atoms with van der Waals surface area (Å²) in [5.41, 5.74) is 1.18. The molecule has 1 saturated heterocycles. The highest BCUT2D eigenvalue weighted by molar-refractivity contribution is 6.30. The van der Waals surface area contributed by atoms with Crippen LogP contribution in [0.1, 0.15) is 12.0 Å². The van der Waals surface area contributed by atoms with Gasteiger partial charge in [-0.15, -0.1) is 0 Å². The van der Waals surface area contributed by atoms with Gasteiger partial charge >= 0.3 is 0 Å². The zero-order valence-corrected chi connectivity index (χ0v) is 15.0. The number of halogens is 1. The smallest absolute Gasteiger partial charge is 0.224 e. The number of hydrogen-bond donors (Lipinski definition) is 0. The molecule has 3 rings (SSSR count). The predicted molar refractivity (Wildman–Crippen MR) is 99.9 cm³/mol. The minimum Gasteiger partial charge on any atom is -0.492 e. The Morgan fingerprint density at radius 3 is 2.64 bits per heavy atom. The molecule has 132 valence electrons. The lowest BCUT2D eigenvalue weighted by molar-refractivity contribution is -0.130. The second-order valence-electron chi connectivity index (χ2n) is 6.20. The van der Waals surface area contributed by atoms with E-state index < -0.39 is 0 Å². The molecule has 1 amide bonds. The van der Waals surface area contributed by atoms with Crippen molar-refractivity contribution in [2.45, 2.75) is 13.0 Å². The fourth-order valence-corrected chi connectivity index (χ4v) is 3.20. The van der Waals surface area contributed by atoms with Crippen LogP contribution in [0.15, 0.2) is 54.6 Å². The van der Waals surface area contributed by atoms with E-state index >= 15 is 0 Å². The van der Waals surface area contributed by atoms with Gasteiger partial charge in [-0.2, -0.15) is 0 Å². The SMILES string of the molecule is O=C1CCN(Cc2cccc(Cl)c2)CCN1CCOc1ccccc1. The van der Waals surface area contributed by atoms with Crippen LogP contribution in [0.3, 0.4) is 0 Å². The standard InChI is InChI=1S/C20H23ClN2O2/c21-18-6-4-5-17(15-18)16-22-10-9-20(24)23(12-11-22)13-14-25-19-7-2-1-3-8-19/h1-8,15H,9-14,16H2. The van der Waals surface area contributed by atoms with E-state index in [4.69, 9.17) is 16.3 Å². The molecule has 0 spiro atoms. The van der Waals surface area contributed by atoms with Gasteiger partial charge in [-0.3, -0.25) is 9.69 Å². The summed E-state index contributed by atoms with van der Waals surface area (Å²) in [4.78, 5) is 16.5. The first-order valence-corrected chi connectivity index (χ1v) is 9.01. The average Bonchev–Trinajstić information content (AvgIpc) is 2.79. The van der Waals surface area contributed by atoms with E-state index in [-0.39, 0.29) is 5.91 Å². The highest BCUT2D eigenvalue weighted by Gasteiger charge is 2.20. The van der Waals surface area contributed by atoms with Crippen LogP contribution in [0.5, 0.6) is 5.75 Å². The van der Waals surface area contributed by atoms with Gasteiger partial charge in [0.05, 0.1) is 6.54 Å². The maximum Gasteiger partial charge on any atom is 0.224 e. The molecule has 1 aliphatic rings. The van der Waals surface area contributed by atoms with Crippen LogP contribution >= 0.6 is 11.6 Å². The highest BCUT2D eigenvalue weighted by Crippen LogP contribution is 2.15. The summed E-state index contributed by atoms with van der Waals surface area (Å²) >= 11 is 6.05. The van der Waals surface area contributed by atoms with Crippen LogP contribution in [0.4, 0.5) is 0 Å². The zero-order chi connectivity index (χ0) is 17.5. The van der Waals surface area contributed by atoms with Crippen LogP contribution in [0, 0.1) is 0 Å². The number of carbonyl (C=O) groups is 1. The molecule has 4 nitrogen and oxygen atoms in total. The van der Waals surface area contributed by atoms with Crippen LogP contribution in [0.25, 0.3) is 0 Å². The molecule has 0 aliphatic carbocycles. The number of hydrogen-bond acceptors (Lipinski definition) is 3. The van der Waals surface area contributed by atoms with Crippen LogP contribution < -0.4 is 4.74 Å². The normalized spacial score (nSPS) is 15.9. The van der Waals surface area contributed by atoms with Crippen molar-refractivity contribution in [2.24, 2.45) is 0 Å². The van der Waals surface area contributed by atoms with E-state index in [1.54, 1.807) is 0 Å². The third kappa shape index (κ3) is 5.48. The Balaban J connectivity index is 1.48. The zero-order valence-electron chi connectivity index (χ0n) is 14.2. The Labute approximate surface area is 154 Å². The largest absolute Gasteiger partial charge is 0.492 e. The molecule has 1 fully saturated rings. The van der Waals surface area contributed by atoms with Crippen molar-refractivity contribution < 1.29 is 9.53 Å². The van der Waals surface area contributed by atoms with E-state index in [2.05, 4.69) is 11.0 Å². The second-order valence-corrected chi connectivity index (χ2v) is 6.63. The molecule has 0 radical (unpaired) electrons. The average molecular weight is 359 g/mol. The fourth-order valence-electron chi connectivity index (χ4n) is 2.99. The monoisotopic (exact) mass is 358 g/mol. The maximum atomic E-state index is 12.3. The molecular formula is C20H23ClN2O2. The molecule has 5 heteroatoms. The molecule has 0 unspecified atom stereocenters. The van der Waals surface area contributed by atoms with Gasteiger partial charge in [0.1, 0.15) is 12.4 Å².